The molecule has 0 aromatic heterocycles. The molecule has 1 amide bonds. The Morgan fingerprint density at radius 1 is 1.16 bits per heavy atom. The van der Waals surface area contributed by atoms with Crippen LogP contribution in [0.3, 0.4) is 0 Å². The van der Waals surface area contributed by atoms with Gasteiger partial charge in [0.05, 0.1) is 0 Å². The van der Waals surface area contributed by atoms with Crippen molar-refractivity contribution < 1.29 is 14.3 Å². The molecule has 1 aromatic rings. The molecule has 1 unspecified atom stereocenters. The molecule has 3 aliphatic rings. The summed E-state index contributed by atoms with van der Waals surface area (Å²) in [7, 11) is 0. The molecule has 3 heterocycles. The SMILES string of the molecule is CC(C)CC1(c2ccccc2)OC(=O)C2=C1CN(C(=O)CCN1CCCCCN1)CC2. The quantitative estimate of drug-likeness (QED) is 0.708. The molecule has 1 atom stereocenters. The number of carbonyl (C=O) groups is 2. The van der Waals surface area contributed by atoms with E-state index in [1.165, 1.54) is 19.3 Å². The van der Waals surface area contributed by atoms with E-state index in [-0.39, 0.29) is 11.9 Å². The Bertz CT molecular complexity index is 828. The fourth-order valence-corrected chi connectivity index (χ4v) is 5.15. The average molecular weight is 426 g/mol. The molecule has 1 aromatic carbocycles. The van der Waals surface area contributed by atoms with E-state index in [0.717, 1.165) is 42.8 Å². The van der Waals surface area contributed by atoms with Crippen LogP contribution in [0.2, 0.25) is 0 Å². The van der Waals surface area contributed by atoms with Crippen LogP contribution in [0, 0.1) is 5.92 Å². The maximum Gasteiger partial charge on any atom is 0.335 e. The normalized spacial score (nSPS) is 24.9. The Morgan fingerprint density at radius 2 is 1.97 bits per heavy atom. The molecule has 31 heavy (non-hydrogen) atoms. The first-order valence-electron chi connectivity index (χ1n) is 11.8. The van der Waals surface area contributed by atoms with Crippen molar-refractivity contribution in [3.8, 4) is 0 Å². The summed E-state index contributed by atoms with van der Waals surface area (Å²) < 4.78 is 6.12. The molecular formula is C25H35N3O3. The van der Waals surface area contributed by atoms with Crippen LogP contribution in [0.5, 0.6) is 0 Å². The second-order valence-electron chi connectivity index (χ2n) is 9.41. The van der Waals surface area contributed by atoms with Crippen molar-refractivity contribution in [3.63, 3.8) is 0 Å². The molecule has 3 aliphatic heterocycles. The number of carbonyl (C=O) groups excluding carboxylic acids is 2. The molecule has 0 aliphatic carbocycles. The standard InChI is InChI=1S/C25H35N3O3/c1-19(2)17-25(20-9-5-3-6-10-20)22-18-27(15-11-21(22)24(30)31-25)23(29)12-16-28-14-8-4-7-13-26-28/h3,5-6,9-10,19,26H,4,7-8,11-18H2,1-2H3. The zero-order chi connectivity index (χ0) is 21.8. The van der Waals surface area contributed by atoms with E-state index < -0.39 is 5.60 Å². The zero-order valence-corrected chi connectivity index (χ0v) is 18.9. The number of benzene rings is 1. The lowest BCUT2D eigenvalue weighted by atomic mass is 9.77. The van der Waals surface area contributed by atoms with Crippen LogP contribution < -0.4 is 5.43 Å². The van der Waals surface area contributed by atoms with Crippen LogP contribution in [0.4, 0.5) is 0 Å². The Labute approximate surface area is 185 Å². The Hall–Kier alpha value is -2.18. The lowest BCUT2D eigenvalue weighted by Gasteiger charge is -2.37. The van der Waals surface area contributed by atoms with Crippen LogP contribution in [0.15, 0.2) is 41.5 Å². The maximum absolute atomic E-state index is 13.1. The van der Waals surface area contributed by atoms with E-state index in [2.05, 4.69) is 24.3 Å². The van der Waals surface area contributed by atoms with E-state index in [4.69, 9.17) is 4.74 Å². The van der Waals surface area contributed by atoms with Gasteiger partial charge in [-0.3, -0.25) is 10.2 Å². The second-order valence-corrected chi connectivity index (χ2v) is 9.41. The van der Waals surface area contributed by atoms with Gasteiger partial charge in [-0.05, 0) is 37.2 Å². The number of nitrogens with one attached hydrogen (secondary N) is 1. The van der Waals surface area contributed by atoms with Gasteiger partial charge in [0.25, 0.3) is 0 Å². The molecule has 1 N–H and O–H groups in total. The van der Waals surface area contributed by atoms with Gasteiger partial charge in [0.2, 0.25) is 5.91 Å². The minimum atomic E-state index is -0.757. The van der Waals surface area contributed by atoms with Crippen LogP contribution in [-0.4, -0.2) is 54.5 Å². The van der Waals surface area contributed by atoms with Crippen molar-refractivity contribution in [2.24, 2.45) is 5.92 Å². The summed E-state index contributed by atoms with van der Waals surface area (Å²) in [4.78, 5) is 27.8. The third kappa shape index (κ3) is 4.70. The molecule has 0 saturated carbocycles. The monoisotopic (exact) mass is 425 g/mol. The number of rotatable bonds is 6. The number of hydrogen-bond acceptors (Lipinski definition) is 5. The van der Waals surface area contributed by atoms with E-state index in [1.807, 2.05) is 35.2 Å². The summed E-state index contributed by atoms with van der Waals surface area (Å²) in [6, 6.07) is 10.0. The Balaban J connectivity index is 1.51. The van der Waals surface area contributed by atoms with Gasteiger partial charge in [-0.1, -0.05) is 50.6 Å². The fraction of sp³-hybridized carbons (Fsp3) is 0.600. The molecule has 1 fully saturated rings. The smallest absolute Gasteiger partial charge is 0.335 e. The number of ether oxygens (including phenoxy) is 1. The lowest BCUT2D eigenvalue weighted by Crippen LogP contribution is -2.44. The van der Waals surface area contributed by atoms with Gasteiger partial charge in [-0.25, -0.2) is 9.80 Å². The molecule has 0 radical (unpaired) electrons. The van der Waals surface area contributed by atoms with Crippen LogP contribution in [0.1, 0.15) is 57.9 Å². The number of hydrogen-bond donors (Lipinski definition) is 1. The second kappa shape index (κ2) is 9.53. The highest BCUT2D eigenvalue weighted by Crippen LogP contribution is 2.48. The third-order valence-corrected chi connectivity index (χ3v) is 6.67. The van der Waals surface area contributed by atoms with Gasteiger partial charge in [0, 0.05) is 50.3 Å². The van der Waals surface area contributed by atoms with Crippen molar-refractivity contribution in [1.29, 1.82) is 0 Å². The number of nitrogens with zero attached hydrogens (tertiary/aromatic N) is 2. The molecule has 168 valence electrons. The summed E-state index contributed by atoms with van der Waals surface area (Å²) in [6.45, 7) is 8.08. The lowest BCUT2D eigenvalue weighted by molar-refractivity contribution is -0.149. The molecule has 0 bridgehead atoms. The average Bonchev–Trinajstić information content (AvgIpc) is 2.92. The summed E-state index contributed by atoms with van der Waals surface area (Å²) in [5.41, 5.74) is 5.45. The Morgan fingerprint density at radius 3 is 2.74 bits per heavy atom. The maximum atomic E-state index is 13.1. The van der Waals surface area contributed by atoms with Crippen LogP contribution >= 0.6 is 0 Å². The van der Waals surface area contributed by atoms with Crippen molar-refractivity contribution in [2.75, 3.05) is 32.7 Å². The first kappa shape index (κ1) is 22.0. The Kier molecular flexibility index (Phi) is 6.77. The molecule has 1 saturated heterocycles. The summed E-state index contributed by atoms with van der Waals surface area (Å²) in [5, 5.41) is 2.19. The fourth-order valence-electron chi connectivity index (χ4n) is 5.15. The topological polar surface area (TPSA) is 61.9 Å². The minimum absolute atomic E-state index is 0.156. The molecular weight excluding hydrogens is 390 g/mol. The molecule has 6 nitrogen and oxygen atoms in total. The largest absolute Gasteiger partial charge is 0.446 e. The van der Waals surface area contributed by atoms with Gasteiger partial charge >= 0.3 is 5.97 Å². The summed E-state index contributed by atoms with van der Waals surface area (Å²) >= 11 is 0. The molecule has 4 rings (SSSR count). The van der Waals surface area contributed by atoms with Gasteiger partial charge in [-0.15, -0.1) is 0 Å². The third-order valence-electron chi connectivity index (χ3n) is 6.67. The van der Waals surface area contributed by atoms with Crippen LogP contribution in [0.25, 0.3) is 0 Å². The summed E-state index contributed by atoms with van der Waals surface area (Å²) in [6.07, 6.45) is 5.41. The highest BCUT2D eigenvalue weighted by molar-refractivity contribution is 5.94. The predicted molar refractivity (Wildman–Crippen MR) is 120 cm³/mol. The number of amides is 1. The zero-order valence-electron chi connectivity index (χ0n) is 18.9. The minimum Gasteiger partial charge on any atom is -0.446 e. The van der Waals surface area contributed by atoms with Crippen LogP contribution in [-0.2, 0) is 19.9 Å². The van der Waals surface area contributed by atoms with E-state index in [9.17, 15) is 9.59 Å². The first-order valence-corrected chi connectivity index (χ1v) is 11.8. The van der Waals surface area contributed by atoms with Crippen molar-refractivity contribution in [3.05, 3.63) is 47.0 Å². The van der Waals surface area contributed by atoms with Gasteiger partial charge in [0.1, 0.15) is 0 Å². The van der Waals surface area contributed by atoms with E-state index >= 15 is 0 Å². The van der Waals surface area contributed by atoms with E-state index in [0.29, 0.717) is 31.8 Å². The van der Waals surface area contributed by atoms with Crippen molar-refractivity contribution in [1.82, 2.24) is 15.3 Å². The number of cyclic esters (lactones) is 1. The predicted octanol–water partition coefficient (Wildman–Crippen LogP) is 3.39. The number of hydrazine groups is 1. The van der Waals surface area contributed by atoms with E-state index in [1.54, 1.807) is 0 Å². The summed E-state index contributed by atoms with van der Waals surface area (Å²) in [5.74, 6) is 0.295. The molecule has 0 spiro atoms. The highest BCUT2D eigenvalue weighted by atomic mass is 16.6. The number of esters is 1. The highest BCUT2D eigenvalue weighted by Gasteiger charge is 2.50. The van der Waals surface area contributed by atoms with Crippen molar-refractivity contribution in [2.45, 2.75) is 58.0 Å². The first-order chi connectivity index (χ1) is 15.0. The van der Waals surface area contributed by atoms with Gasteiger partial charge in [-0.2, -0.15) is 0 Å². The van der Waals surface area contributed by atoms with Gasteiger partial charge in [0.15, 0.2) is 5.60 Å². The van der Waals surface area contributed by atoms with Crippen molar-refractivity contribution >= 4 is 11.9 Å². The van der Waals surface area contributed by atoms with Gasteiger partial charge < -0.3 is 9.64 Å². The molecule has 6 heteroatoms.